The smallest absolute Gasteiger partial charge is 0.348 e. The number of ether oxygens (including phenoxy) is 1. The standard InChI is InChI=1S/C10H17NO4/c1-5-9(12)15-11-8(6-7(2)3)10(13)14-4/h5,7-8,11H,1,6H2,2-4H3/t8-/m0/s1. The summed E-state index contributed by atoms with van der Waals surface area (Å²) in [5.41, 5.74) is 2.36. The predicted molar refractivity (Wildman–Crippen MR) is 54.7 cm³/mol. The highest BCUT2D eigenvalue weighted by molar-refractivity contribution is 5.81. The molecule has 0 rings (SSSR count). The van der Waals surface area contributed by atoms with E-state index in [0.29, 0.717) is 6.42 Å². The van der Waals surface area contributed by atoms with Gasteiger partial charge in [0.25, 0.3) is 0 Å². The molecule has 1 atom stereocenters. The van der Waals surface area contributed by atoms with Crippen molar-refractivity contribution in [2.45, 2.75) is 26.3 Å². The number of esters is 1. The second-order valence-electron chi connectivity index (χ2n) is 3.45. The van der Waals surface area contributed by atoms with E-state index in [1.165, 1.54) is 7.11 Å². The largest absolute Gasteiger partial charge is 0.468 e. The summed E-state index contributed by atoms with van der Waals surface area (Å²) < 4.78 is 4.56. The van der Waals surface area contributed by atoms with Gasteiger partial charge in [0.15, 0.2) is 0 Å². The number of hydrogen-bond acceptors (Lipinski definition) is 5. The van der Waals surface area contributed by atoms with Crippen LogP contribution in [0.3, 0.4) is 0 Å². The van der Waals surface area contributed by atoms with Gasteiger partial charge in [-0.2, -0.15) is 0 Å². The minimum Gasteiger partial charge on any atom is -0.468 e. The van der Waals surface area contributed by atoms with Crippen LogP contribution in [0.4, 0.5) is 0 Å². The lowest BCUT2D eigenvalue weighted by Gasteiger charge is -2.16. The van der Waals surface area contributed by atoms with Gasteiger partial charge in [0.1, 0.15) is 6.04 Å². The quantitative estimate of drug-likeness (QED) is 0.403. The van der Waals surface area contributed by atoms with Crippen LogP contribution in [0, 0.1) is 5.92 Å². The van der Waals surface area contributed by atoms with E-state index in [4.69, 9.17) is 0 Å². The second kappa shape index (κ2) is 7.00. The molecule has 0 aromatic heterocycles. The van der Waals surface area contributed by atoms with Crippen molar-refractivity contribution in [3.63, 3.8) is 0 Å². The third kappa shape index (κ3) is 5.85. The molecule has 0 fully saturated rings. The van der Waals surface area contributed by atoms with Gasteiger partial charge < -0.3 is 9.57 Å². The number of methoxy groups -OCH3 is 1. The number of carbonyl (C=O) groups excluding carboxylic acids is 2. The summed E-state index contributed by atoms with van der Waals surface area (Å²) in [6.07, 6.45) is 1.54. The number of rotatable bonds is 6. The number of nitrogens with one attached hydrogen (secondary N) is 1. The summed E-state index contributed by atoms with van der Waals surface area (Å²) in [6, 6.07) is -0.640. The zero-order valence-corrected chi connectivity index (χ0v) is 9.28. The van der Waals surface area contributed by atoms with Gasteiger partial charge in [-0.1, -0.05) is 20.4 Å². The molecule has 0 radical (unpaired) electrons. The van der Waals surface area contributed by atoms with Crippen molar-refractivity contribution in [3.05, 3.63) is 12.7 Å². The average Bonchev–Trinajstić information content (AvgIpc) is 2.21. The summed E-state index contributed by atoms with van der Waals surface area (Å²) in [4.78, 5) is 26.6. The van der Waals surface area contributed by atoms with Crippen LogP contribution in [0.1, 0.15) is 20.3 Å². The molecule has 0 saturated heterocycles. The van der Waals surface area contributed by atoms with Gasteiger partial charge in [0.2, 0.25) is 0 Å². The first-order chi connectivity index (χ1) is 7.01. The molecule has 0 aliphatic carbocycles. The van der Waals surface area contributed by atoms with E-state index < -0.39 is 18.0 Å². The summed E-state index contributed by atoms with van der Waals surface area (Å²) in [7, 11) is 1.28. The number of hydroxylamine groups is 1. The Morgan fingerprint density at radius 2 is 2.07 bits per heavy atom. The van der Waals surface area contributed by atoms with Crippen LogP contribution in [0.5, 0.6) is 0 Å². The second-order valence-corrected chi connectivity index (χ2v) is 3.45. The highest BCUT2D eigenvalue weighted by Crippen LogP contribution is 2.06. The van der Waals surface area contributed by atoms with Crippen molar-refractivity contribution >= 4 is 11.9 Å². The van der Waals surface area contributed by atoms with Gasteiger partial charge >= 0.3 is 11.9 Å². The minimum atomic E-state index is -0.640. The highest BCUT2D eigenvalue weighted by Gasteiger charge is 2.21. The van der Waals surface area contributed by atoms with Crippen LogP contribution in [0.15, 0.2) is 12.7 Å². The van der Waals surface area contributed by atoms with Gasteiger partial charge in [0, 0.05) is 6.08 Å². The Kier molecular flexibility index (Phi) is 6.37. The first kappa shape index (κ1) is 13.6. The van der Waals surface area contributed by atoms with E-state index in [9.17, 15) is 9.59 Å². The molecular formula is C10H17NO4. The van der Waals surface area contributed by atoms with Crippen molar-refractivity contribution in [2.24, 2.45) is 5.92 Å². The maximum absolute atomic E-state index is 11.2. The Morgan fingerprint density at radius 1 is 1.47 bits per heavy atom. The van der Waals surface area contributed by atoms with Gasteiger partial charge in [-0.05, 0) is 12.3 Å². The molecule has 0 aromatic carbocycles. The Morgan fingerprint density at radius 3 is 2.47 bits per heavy atom. The predicted octanol–water partition coefficient (Wildman–Crippen LogP) is 0.808. The molecule has 0 amide bonds. The number of hydrogen-bond donors (Lipinski definition) is 1. The Labute approximate surface area is 89.4 Å². The van der Waals surface area contributed by atoms with Crippen molar-refractivity contribution in [1.82, 2.24) is 5.48 Å². The van der Waals surface area contributed by atoms with Crippen LogP contribution < -0.4 is 5.48 Å². The molecule has 1 N–H and O–H groups in total. The van der Waals surface area contributed by atoms with Gasteiger partial charge in [-0.3, -0.25) is 4.79 Å². The molecule has 15 heavy (non-hydrogen) atoms. The van der Waals surface area contributed by atoms with Crippen molar-refractivity contribution in [3.8, 4) is 0 Å². The third-order valence-corrected chi connectivity index (χ3v) is 1.66. The maximum Gasteiger partial charge on any atom is 0.348 e. The molecule has 0 aliphatic heterocycles. The van der Waals surface area contributed by atoms with E-state index in [1.54, 1.807) is 0 Å². The Bertz CT molecular complexity index is 238. The van der Waals surface area contributed by atoms with E-state index in [2.05, 4.69) is 21.6 Å². The zero-order chi connectivity index (χ0) is 11.8. The van der Waals surface area contributed by atoms with Crippen molar-refractivity contribution in [1.29, 1.82) is 0 Å². The fraction of sp³-hybridized carbons (Fsp3) is 0.600. The molecule has 86 valence electrons. The van der Waals surface area contributed by atoms with Gasteiger partial charge in [-0.15, -0.1) is 5.48 Å². The van der Waals surface area contributed by atoms with Crippen molar-refractivity contribution in [2.75, 3.05) is 7.11 Å². The van der Waals surface area contributed by atoms with Gasteiger partial charge in [-0.25, -0.2) is 4.79 Å². The van der Waals surface area contributed by atoms with E-state index >= 15 is 0 Å². The van der Waals surface area contributed by atoms with E-state index in [0.717, 1.165) is 6.08 Å². The number of carbonyl (C=O) groups is 2. The molecular weight excluding hydrogens is 198 g/mol. The van der Waals surface area contributed by atoms with Crippen LogP contribution in [-0.2, 0) is 19.2 Å². The molecule has 0 saturated carbocycles. The van der Waals surface area contributed by atoms with Crippen LogP contribution in [-0.4, -0.2) is 25.1 Å². The molecule has 5 nitrogen and oxygen atoms in total. The lowest BCUT2D eigenvalue weighted by Crippen LogP contribution is -2.39. The molecule has 0 aromatic rings. The van der Waals surface area contributed by atoms with Crippen LogP contribution in [0.25, 0.3) is 0 Å². The Hall–Kier alpha value is -1.36. The SMILES string of the molecule is C=CC(=O)ON[C@@H](CC(C)C)C(=O)OC. The lowest BCUT2D eigenvalue weighted by molar-refractivity contribution is -0.156. The molecule has 5 heteroatoms. The van der Waals surface area contributed by atoms with E-state index in [-0.39, 0.29) is 5.92 Å². The monoisotopic (exact) mass is 215 g/mol. The fourth-order valence-electron chi connectivity index (χ4n) is 0.977. The first-order valence-electron chi connectivity index (χ1n) is 4.67. The first-order valence-corrected chi connectivity index (χ1v) is 4.67. The molecule has 0 aliphatic rings. The molecule has 0 heterocycles. The van der Waals surface area contributed by atoms with Gasteiger partial charge in [0.05, 0.1) is 7.11 Å². The fourth-order valence-corrected chi connectivity index (χ4v) is 0.977. The Balaban J connectivity index is 4.18. The normalized spacial score (nSPS) is 12.0. The summed E-state index contributed by atoms with van der Waals surface area (Å²) in [6.45, 7) is 7.14. The van der Waals surface area contributed by atoms with Crippen molar-refractivity contribution < 1.29 is 19.2 Å². The van der Waals surface area contributed by atoms with Crippen LogP contribution >= 0.6 is 0 Å². The van der Waals surface area contributed by atoms with E-state index in [1.807, 2.05) is 13.8 Å². The minimum absolute atomic E-state index is 0.282. The topological polar surface area (TPSA) is 64.6 Å². The summed E-state index contributed by atoms with van der Waals surface area (Å²) >= 11 is 0. The molecule has 0 unspecified atom stereocenters. The van der Waals surface area contributed by atoms with Crippen LogP contribution in [0.2, 0.25) is 0 Å². The summed E-state index contributed by atoms with van der Waals surface area (Å²) in [5, 5.41) is 0. The maximum atomic E-state index is 11.2. The average molecular weight is 215 g/mol. The highest BCUT2D eigenvalue weighted by atomic mass is 16.7. The molecule has 0 spiro atoms. The lowest BCUT2D eigenvalue weighted by atomic mass is 10.0. The zero-order valence-electron chi connectivity index (χ0n) is 9.28. The molecule has 0 bridgehead atoms. The summed E-state index contributed by atoms with van der Waals surface area (Å²) in [5.74, 6) is -0.808. The third-order valence-electron chi connectivity index (χ3n) is 1.66.